The van der Waals surface area contributed by atoms with Gasteiger partial charge in [0.15, 0.2) is 11.5 Å². The molecule has 3 aromatic rings. The number of rotatable bonds is 3. The molecule has 7 nitrogen and oxygen atoms in total. The average Bonchev–Trinajstić information content (AvgIpc) is 3.43. The van der Waals surface area contributed by atoms with E-state index in [1.807, 2.05) is 0 Å². The third-order valence-corrected chi connectivity index (χ3v) is 5.21. The van der Waals surface area contributed by atoms with E-state index in [9.17, 15) is 9.18 Å². The summed E-state index contributed by atoms with van der Waals surface area (Å²) >= 11 is 0. The third kappa shape index (κ3) is 3.30. The molecular weight excluding hydrogens is 377 g/mol. The Balaban J connectivity index is 1.41. The first kappa shape index (κ1) is 17.7. The number of likely N-dealkylation sites (tertiary alicyclic amines) is 1. The van der Waals surface area contributed by atoms with Crippen LogP contribution < -0.4 is 9.47 Å². The van der Waals surface area contributed by atoms with Crippen LogP contribution in [0.15, 0.2) is 47.0 Å². The van der Waals surface area contributed by atoms with Crippen LogP contribution in [0.5, 0.6) is 11.5 Å². The molecule has 1 unspecified atom stereocenters. The van der Waals surface area contributed by atoms with Crippen LogP contribution in [0.25, 0.3) is 11.4 Å². The summed E-state index contributed by atoms with van der Waals surface area (Å²) in [5, 5.41) is 4.02. The largest absolute Gasteiger partial charge is 0.454 e. The quantitative estimate of drug-likeness (QED) is 0.668. The van der Waals surface area contributed by atoms with Gasteiger partial charge in [0.05, 0.1) is 0 Å². The lowest BCUT2D eigenvalue weighted by atomic mass is 10.0. The van der Waals surface area contributed by atoms with E-state index in [1.54, 1.807) is 35.2 Å². The number of carbonyl (C=O) groups excluding carboxylic acids is 1. The van der Waals surface area contributed by atoms with Crippen LogP contribution >= 0.6 is 0 Å². The van der Waals surface area contributed by atoms with Gasteiger partial charge in [0.2, 0.25) is 18.5 Å². The van der Waals surface area contributed by atoms with Crippen molar-refractivity contribution in [2.45, 2.75) is 25.3 Å². The maximum atomic E-state index is 13.2. The summed E-state index contributed by atoms with van der Waals surface area (Å²) in [5.41, 5.74) is 1.19. The fourth-order valence-electron chi connectivity index (χ4n) is 3.71. The Morgan fingerprint density at radius 3 is 2.76 bits per heavy atom. The number of carbonyl (C=O) groups is 1. The molecule has 2 aliphatic rings. The van der Waals surface area contributed by atoms with Crippen molar-refractivity contribution in [2.24, 2.45) is 0 Å². The predicted octanol–water partition coefficient (Wildman–Crippen LogP) is 3.97. The van der Waals surface area contributed by atoms with Gasteiger partial charge in [-0.15, -0.1) is 0 Å². The van der Waals surface area contributed by atoms with E-state index < -0.39 is 0 Å². The van der Waals surface area contributed by atoms with Gasteiger partial charge >= 0.3 is 0 Å². The minimum absolute atomic E-state index is 0.116. The molecule has 0 bridgehead atoms. The van der Waals surface area contributed by atoms with E-state index in [1.165, 1.54) is 12.1 Å². The standard InChI is InChI=1S/C21H18FN3O4/c22-15-7-4-13(5-8-15)19-23-20(29-24-19)16-3-1-2-10-25(16)21(26)14-6-9-17-18(11-14)28-12-27-17/h4-9,11,16H,1-3,10,12H2. The summed E-state index contributed by atoms with van der Waals surface area (Å²) in [5.74, 6) is 1.53. The first-order valence-corrected chi connectivity index (χ1v) is 9.49. The van der Waals surface area contributed by atoms with Crippen LogP contribution in [-0.4, -0.2) is 34.3 Å². The lowest BCUT2D eigenvalue weighted by molar-refractivity contribution is 0.0561. The molecule has 5 rings (SSSR count). The zero-order chi connectivity index (χ0) is 19.8. The van der Waals surface area contributed by atoms with Crippen molar-refractivity contribution in [1.82, 2.24) is 15.0 Å². The highest BCUT2D eigenvalue weighted by Crippen LogP contribution is 2.36. The molecule has 1 atom stereocenters. The van der Waals surface area contributed by atoms with Crippen LogP contribution in [0, 0.1) is 5.82 Å². The SMILES string of the molecule is O=C(c1ccc2c(c1)OCO2)N1CCCCC1c1nc(-c2ccc(F)cc2)no1. The molecule has 1 fully saturated rings. The van der Waals surface area contributed by atoms with Gasteiger partial charge in [-0.05, 0) is 61.7 Å². The van der Waals surface area contributed by atoms with Crippen molar-refractivity contribution >= 4 is 5.91 Å². The Bertz CT molecular complexity index is 1050. The Morgan fingerprint density at radius 1 is 1.07 bits per heavy atom. The smallest absolute Gasteiger partial charge is 0.254 e. The van der Waals surface area contributed by atoms with Gasteiger partial charge in [0.25, 0.3) is 5.91 Å². The molecule has 0 saturated carbocycles. The second-order valence-corrected chi connectivity index (χ2v) is 7.04. The minimum atomic E-state index is -0.328. The lowest BCUT2D eigenvalue weighted by Gasteiger charge is -2.33. The molecule has 8 heteroatoms. The van der Waals surface area contributed by atoms with Gasteiger partial charge in [0.1, 0.15) is 11.9 Å². The zero-order valence-corrected chi connectivity index (χ0v) is 15.5. The Morgan fingerprint density at radius 2 is 1.90 bits per heavy atom. The van der Waals surface area contributed by atoms with E-state index in [2.05, 4.69) is 10.1 Å². The number of hydrogen-bond acceptors (Lipinski definition) is 6. The van der Waals surface area contributed by atoms with Gasteiger partial charge in [-0.3, -0.25) is 4.79 Å². The Kier molecular flexibility index (Phi) is 4.38. The molecule has 0 radical (unpaired) electrons. The number of piperidine rings is 1. The highest BCUT2D eigenvalue weighted by molar-refractivity contribution is 5.95. The highest BCUT2D eigenvalue weighted by Gasteiger charge is 2.33. The van der Waals surface area contributed by atoms with Crippen LogP contribution in [0.2, 0.25) is 0 Å². The lowest BCUT2D eigenvalue weighted by Crippen LogP contribution is -2.38. The van der Waals surface area contributed by atoms with Crippen molar-refractivity contribution in [3.63, 3.8) is 0 Å². The van der Waals surface area contributed by atoms with Crippen molar-refractivity contribution in [3.05, 3.63) is 59.7 Å². The summed E-state index contributed by atoms with van der Waals surface area (Å²) in [7, 11) is 0. The normalized spacial score (nSPS) is 18.1. The summed E-state index contributed by atoms with van der Waals surface area (Å²) in [6.45, 7) is 0.764. The van der Waals surface area contributed by atoms with Crippen LogP contribution in [-0.2, 0) is 0 Å². The summed E-state index contributed by atoms with van der Waals surface area (Å²) < 4.78 is 29.3. The van der Waals surface area contributed by atoms with Crippen LogP contribution in [0.4, 0.5) is 4.39 Å². The number of ether oxygens (including phenoxy) is 2. The number of nitrogens with zero attached hydrogens (tertiary/aromatic N) is 3. The summed E-state index contributed by atoms with van der Waals surface area (Å²) in [4.78, 5) is 19.4. The maximum absolute atomic E-state index is 13.2. The van der Waals surface area contributed by atoms with Crippen molar-refractivity contribution in [2.75, 3.05) is 13.3 Å². The second-order valence-electron chi connectivity index (χ2n) is 7.04. The predicted molar refractivity (Wildman–Crippen MR) is 99.9 cm³/mol. The molecule has 0 N–H and O–H groups in total. The van der Waals surface area contributed by atoms with E-state index >= 15 is 0 Å². The van der Waals surface area contributed by atoms with E-state index in [4.69, 9.17) is 14.0 Å². The maximum Gasteiger partial charge on any atom is 0.254 e. The first-order chi connectivity index (χ1) is 14.2. The molecule has 148 valence electrons. The number of fused-ring (bicyclic) bond motifs is 1. The topological polar surface area (TPSA) is 77.7 Å². The molecule has 1 saturated heterocycles. The molecule has 2 aliphatic heterocycles. The van der Waals surface area contributed by atoms with Gasteiger partial charge < -0.3 is 18.9 Å². The molecular formula is C21H18FN3O4. The molecule has 1 aromatic heterocycles. The molecule has 0 spiro atoms. The molecule has 2 aromatic carbocycles. The number of benzene rings is 2. The van der Waals surface area contributed by atoms with Crippen LogP contribution in [0.3, 0.4) is 0 Å². The fourth-order valence-corrected chi connectivity index (χ4v) is 3.71. The highest BCUT2D eigenvalue weighted by atomic mass is 19.1. The Hall–Kier alpha value is -3.42. The van der Waals surface area contributed by atoms with Gasteiger partial charge in [0, 0.05) is 17.7 Å². The van der Waals surface area contributed by atoms with Crippen molar-refractivity contribution in [1.29, 1.82) is 0 Å². The average molecular weight is 395 g/mol. The first-order valence-electron chi connectivity index (χ1n) is 9.49. The number of amides is 1. The van der Waals surface area contributed by atoms with Gasteiger partial charge in [-0.1, -0.05) is 5.16 Å². The molecule has 0 aliphatic carbocycles. The zero-order valence-electron chi connectivity index (χ0n) is 15.5. The fraction of sp³-hybridized carbons (Fsp3) is 0.286. The van der Waals surface area contributed by atoms with Crippen molar-refractivity contribution < 1.29 is 23.2 Å². The van der Waals surface area contributed by atoms with Gasteiger partial charge in [-0.2, -0.15) is 4.98 Å². The molecule has 1 amide bonds. The Labute approximate surface area is 166 Å². The second kappa shape index (κ2) is 7.20. The summed E-state index contributed by atoms with van der Waals surface area (Å²) in [6.07, 6.45) is 2.61. The number of hydrogen-bond donors (Lipinski definition) is 0. The van der Waals surface area contributed by atoms with E-state index in [0.717, 1.165) is 19.3 Å². The monoisotopic (exact) mass is 395 g/mol. The van der Waals surface area contributed by atoms with E-state index in [-0.39, 0.29) is 24.6 Å². The van der Waals surface area contributed by atoms with Crippen molar-refractivity contribution in [3.8, 4) is 22.9 Å². The summed E-state index contributed by atoms with van der Waals surface area (Å²) in [6, 6.07) is 10.8. The number of halogens is 1. The molecule has 3 heterocycles. The minimum Gasteiger partial charge on any atom is -0.454 e. The van der Waals surface area contributed by atoms with E-state index in [0.29, 0.717) is 40.9 Å². The van der Waals surface area contributed by atoms with Crippen LogP contribution in [0.1, 0.15) is 41.6 Å². The number of aromatic nitrogens is 2. The molecule has 29 heavy (non-hydrogen) atoms. The third-order valence-electron chi connectivity index (χ3n) is 5.21. The van der Waals surface area contributed by atoms with Gasteiger partial charge in [-0.25, -0.2) is 4.39 Å².